The van der Waals surface area contributed by atoms with Gasteiger partial charge in [0.2, 0.25) is 0 Å². The van der Waals surface area contributed by atoms with Crippen LogP contribution in [0.1, 0.15) is 20.1 Å². The van der Waals surface area contributed by atoms with E-state index in [1.54, 1.807) is 11.3 Å². The van der Waals surface area contributed by atoms with Crippen LogP contribution in [0.15, 0.2) is 6.07 Å². The highest BCUT2D eigenvalue weighted by Gasteiger charge is 2.24. The number of hydrogen-bond donors (Lipinski definition) is 0. The van der Waals surface area contributed by atoms with E-state index in [9.17, 15) is 4.79 Å². The van der Waals surface area contributed by atoms with Crippen molar-refractivity contribution < 1.29 is 9.53 Å². The predicted octanol–water partition coefficient (Wildman–Crippen LogP) is 2.08. The normalized spacial score (nSPS) is 20.7. The number of carbonyl (C=O) groups is 1. The van der Waals surface area contributed by atoms with E-state index in [1.165, 1.54) is 10.4 Å². The van der Waals surface area contributed by atoms with Crippen LogP contribution in [0.25, 0.3) is 0 Å². The first-order valence-corrected chi connectivity index (χ1v) is 9.47. The molecule has 6 heteroatoms. The fraction of sp³-hybridized carbons (Fsp3) is 0.667. The first-order chi connectivity index (χ1) is 10.2. The maximum absolute atomic E-state index is 12.8. The number of thioether (sulfide) groups is 1. The highest BCUT2D eigenvalue weighted by molar-refractivity contribution is 7.99. The second-order valence-electron chi connectivity index (χ2n) is 5.50. The van der Waals surface area contributed by atoms with Crippen molar-refractivity contribution in [1.29, 1.82) is 0 Å². The molecule has 21 heavy (non-hydrogen) atoms. The summed E-state index contributed by atoms with van der Waals surface area (Å²) in [6.45, 7) is 8.26. The first kappa shape index (κ1) is 15.3. The quantitative estimate of drug-likeness (QED) is 0.851. The Balaban J connectivity index is 1.73. The molecule has 0 N–H and O–H groups in total. The molecule has 0 bridgehead atoms. The molecule has 2 saturated heterocycles. The van der Waals surface area contributed by atoms with Gasteiger partial charge in [0.05, 0.1) is 18.1 Å². The third-order valence-electron chi connectivity index (χ3n) is 3.92. The highest BCUT2D eigenvalue weighted by Crippen LogP contribution is 2.26. The maximum Gasteiger partial charge on any atom is 0.264 e. The van der Waals surface area contributed by atoms with Crippen LogP contribution in [0, 0.1) is 6.92 Å². The van der Waals surface area contributed by atoms with Gasteiger partial charge in [0.1, 0.15) is 0 Å². The fourth-order valence-corrected chi connectivity index (χ4v) is 4.67. The molecule has 0 radical (unpaired) electrons. The second-order valence-corrected chi connectivity index (χ2v) is 7.99. The van der Waals surface area contributed by atoms with Gasteiger partial charge in [0.25, 0.3) is 5.91 Å². The number of thiophene rings is 1. The minimum Gasteiger partial charge on any atom is -0.379 e. The van der Waals surface area contributed by atoms with Gasteiger partial charge in [-0.2, -0.15) is 11.8 Å². The Labute approximate surface area is 134 Å². The lowest BCUT2D eigenvalue weighted by Gasteiger charge is -2.28. The predicted molar refractivity (Wildman–Crippen MR) is 88.4 cm³/mol. The lowest BCUT2D eigenvalue weighted by Crippen LogP contribution is -2.39. The van der Waals surface area contributed by atoms with Crippen molar-refractivity contribution in [3.8, 4) is 0 Å². The topological polar surface area (TPSA) is 32.8 Å². The molecule has 0 aliphatic carbocycles. The second kappa shape index (κ2) is 7.13. The van der Waals surface area contributed by atoms with Gasteiger partial charge in [-0.1, -0.05) is 0 Å². The van der Waals surface area contributed by atoms with Crippen molar-refractivity contribution in [2.24, 2.45) is 0 Å². The number of morpholine rings is 1. The lowest BCUT2D eigenvalue weighted by molar-refractivity contribution is 0.0340. The minimum atomic E-state index is 0.233. The maximum atomic E-state index is 12.8. The smallest absolute Gasteiger partial charge is 0.264 e. The van der Waals surface area contributed by atoms with Gasteiger partial charge in [-0.25, -0.2) is 0 Å². The summed E-state index contributed by atoms with van der Waals surface area (Å²) in [5, 5.41) is 0. The molecule has 1 amide bonds. The van der Waals surface area contributed by atoms with Crippen molar-refractivity contribution >= 4 is 29.0 Å². The molecule has 0 saturated carbocycles. The van der Waals surface area contributed by atoms with E-state index < -0.39 is 0 Å². The van der Waals surface area contributed by atoms with E-state index in [2.05, 4.69) is 17.9 Å². The van der Waals surface area contributed by atoms with Crippen LogP contribution in [0.5, 0.6) is 0 Å². The van der Waals surface area contributed by atoms with Gasteiger partial charge < -0.3 is 9.64 Å². The Bertz CT molecular complexity index is 492. The summed E-state index contributed by atoms with van der Waals surface area (Å²) in [5.41, 5.74) is 1.20. The van der Waals surface area contributed by atoms with Crippen LogP contribution in [0.2, 0.25) is 0 Å². The SMILES string of the molecule is Cc1cc(CN2CCOCC2)c(C(=O)N2CCSCC2)s1. The van der Waals surface area contributed by atoms with E-state index in [0.29, 0.717) is 0 Å². The first-order valence-electron chi connectivity index (χ1n) is 7.50. The number of amides is 1. The molecule has 0 aromatic carbocycles. The number of hydrogen-bond acceptors (Lipinski definition) is 5. The molecule has 4 nitrogen and oxygen atoms in total. The molecule has 3 rings (SSSR count). The van der Waals surface area contributed by atoms with E-state index in [-0.39, 0.29) is 5.91 Å². The van der Waals surface area contributed by atoms with E-state index in [4.69, 9.17) is 4.74 Å². The molecule has 3 heterocycles. The number of aryl methyl sites for hydroxylation is 1. The third-order valence-corrected chi connectivity index (χ3v) is 5.95. The van der Waals surface area contributed by atoms with E-state index in [0.717, 1.165) is 62.3 Å². The summed E-state index contributed by atoms with van der Waals surface area (Å²) in [6, 6.07) is 2.19. The number of nitrogens with zero attached hydrogens (tertiary/aromatic N) is 2. The standard InChI is InChI=1S/C15H22N2O2S2/c1-12-10-13(11-16-2-6-19-7-3-16)14(21-12)15(18)17-4-8-20-9-5-17/h10H,2-9,11H2,1H3. The summed E-state index contributed by atoms with van der Waals surface area (Å²) in [6.07, 6.45) is 0. The van der Waals surface area contributed by atoms with Gasteiger partial charge in [0, 0.05) is 49.1 Å². The Morgan fingerprint density at radius 2 is 1.95 bits per heavy atom. The molecule has 2 fully saturated rings. The molecule has 2 aliphatic heterocycles. The molecule has 2 aliphatic rings. The van der Waals surface area contributed by atoms with Crippen LogP contribution < -0.4 is 0 Å². The summed E-state index contributed by atoms with van der Waals surface area (Å²) in [5.74, 6) is 2.36. The highest BCUT2D eigenvalue weighted by atomic mass is 32.2. The van der Waals surface area contributed by atoms with Crippen molar-refractivity contribution in [1.82, 2.24) is 9.80 Å². The van der Waals surface area contributed by atoms with Crippen molar-refractivity contribution in [2.75, 3.05) is 50.9 Å². The number of rotatable bonds is 3. The Morgan fingerprint density at radius 1 is 1.24 bits per heavy atom. The molecule has 116 valence electrons. The fourth-order valence-electron chi connectivity index (χ4n) is 2.78. The van der Waals surface area contributed by atoms with Gasteiger partial charge in [-0.05, 0) is 18.6 Å². The average Bonchev–Trinajstić information content (AvgIpc) is 2.89. The Kier molecular flexibility index (Phi) is 5.21. The average molecular weight is 326 g/mol. The zero-order valence-electron chi connectivity index (χ0n) is 12.5. The van der Waals surface area contributed by atoms with Crippen molar-refractivity contribution in [2.45, 2.75) is 13.5 Å². The van der Waals surface area contributed by atoms with Gasteiger partial charge in [-0.15, -0.1) is 11.3 Å². The van der Waals surface area contributed by atoms with E-state index >= 15 is 0 Å². The van der Waals surface area contributed by atoms with Crippen LogP contribution in [-0.2, 0) is 11.3 Å². The number of ether oxygens (including phenoxy) is 1. The molecule has 0 spiro atoms. The Hall–Kier alpha value is -0.560. The van der Waals surface area contributed by atoms with Gasteiger partial charge in [0.15, 0.2) is 0 Å². The van der Waals surface area contributed by atoms with Gasteiger partial charge in [-0.3, -0.25) is 9.69 Å². The minimum absolute atomic E-state index is 0.233. The summed E-state index contributed by atoms with van der Waals surface area (Å²) >= 11 is 3.59. The molecule has 1 aromatic heterocycles. The molecule has 0 atom stereocenters. The van der Waals surface area contributed by atoms with Gasteiger partial charge >= 0.3 is 0 Å². The molecular weight excluding hydrogens is 304 g/mol. The zero-order valence-corrected chi connectivity index (χ0v) is 14.1. The number of carbonyl (C=O) groups excluding carboxylic acids is 1. The third kappa shape index (κ3) is 3.80. The lowest BCUT2D eigenvalue weighted by atomic mass is 10.2. The largest absolute Gasteiger partial charge is 0.379 e. The molecule has 1 aromatic rings. The zero-order chi connectivity index (χ0) is 14.7. The van der Waals surface area contributed by atoms with Crippen molar-refractivity contribution in [3.63, 3.8) is 0 Å². The van der Waals surface area contributed by atoms with Crippen LogP contribution in [-0.4, -0.2) is 66.6 Å². The van der Waals surface area contributed by atoms with Crippen LogP contribution in [0.3, 0.4) is 0 Å². The van der Waals surface area contributed by atoms with Crippen LogP contribution >= 0.6 is 23.1 Å². The Morgan fingerprint density at radius 3 is 2.67 bits per heavy atom. The van der Waals surface area contributed by atoms with Crippen LogP contribution in [0.4, 0.5) is 0 Å². The summed E-state index contributed by atoms with van der Waals surface area (Å²) < 4.78 is 5.40. The summed E-state index contributed by atoms with van der Waals surface area (Å²) in [4.78, 5) is 19.3. The van der Waals surface area contributed by atoms with Crippen molar-refractivity contribution in [3.05, 3.63) is 21.4 Å². The molecule has 0 unspecified atom stereocenters. The monoisotopic (exact) mass is 326 g/mol. The van der Waals surface area contributed by atoms with E-state index in [1.807, 2.05) is 16.7 Å². The molecular formula is C15H22N2O2S2. The summed E-state index contributed by atoms with van der Waals surface area (Å²) in [7, 11) is 0.